The van der Waals surface area contributed by atoms with Crippen molar-refractivity contribution in [2.24, 2.45) is 0 Å². The van der Waals surface area contributed by atoms with Crippen molar-refractivity contribution in [1.29, 1.82) is 0 Å². The molecular weight excluding hydrogens is 485 g/mol. The maximum Gasteiger partial charge on any atom is 0.455 e. The van der Waals surface area contributed by atoms with Gasteiger partial charge in [0.15, 0.2) is 5.56 Å². The van der Waals surface area contributed by atoms with Gasteiger partial charge in [-0.3, -0.25) is 4.79 Å². The molecule has 25 heavy (non-hydrogen) atoms. The topological polar surface area (TPSA) is 131 Å². The van der Waals surface area contributed by atoms with Gasteiger partial charge in [-0.2, -0.15) is 13.2 Å². The van der Waals surface area contributed by atoms with E-state index in [9.17, 15) is 27.9 Å². The van der Waals surface area contributed by atoms with Crippen LogP contribution < -0.4 is 5.63 Å². The summed E-state index contributed by atoms with van der Waals surface area (Å²) in [5.74, 6) is -3.46. The monoisotopic (exact) mass is 497 g/mol. The van der Waals surface area contributed by atoms with Gasteiger partial charge in [-0.1, -0.05) is 30.3 Å². The smallest absolute Gasteiger partial charge is 0.455 e. The number of rotatable bonds is 1. The van der Waals surface area contributed by atoms with Gasteiger partial charge in [-0.15, -0.1) is 0 Å². The molecule has 2 aromatic carbocycles. The standard InChI is InChI=1S/C15H7F3O4.Eu.2H2O/c16-15(17,18)13(20)11-12(19)10-8-4-2-1-3-7(8)5-6-9(10)22-14(11)21;;;/h1-6,19H;;2*1H2. The molecular formula is C15H11EuF3O6. The van der Waals surface area contributed by atoms with E-state index < -0.39 is 28.9 Å². The van der Waals surface area contributed by atoms with Gasteiger partial charge in [0.2, 0.25) is 0 Å². The molecule has 0 bridgehead atoms. The molecule has 0 aliphatic heterocycles. The van der Waals surface area contributed by atoms with E-state index in [2.05, 4.69) is 0 Å². The van der Waals surface area contributed by atoms with Crippen molar-refractivity contribution in [3.05, 3.63) is 52.4 Å². The summed E-state index contributed by atoms with van der Waals surface area (Å²) in [5, 5.41) is 11.0. The first kappa shape index (κ1) is 23.7. The van der Waals surface area contributed by atoms with Crippen LogP contribution in [0.3, 0.4) is 0 Å². The number of ketones is 1. The second kappa shape index (κ2) is 8.37. The summed E-state index contributed by atoms with van der Waals surface area (Å²) in [6.45, 7) is 0. The quantitative estimate of drug-likeness (QED) is 0.313. The molecule has 3 rings (SSSR count). The molecule has 1 heterocycles. The van der Waals surface area contributed by atoms with Crippen LogP contribution in [0.4, 0.5) is 13.2 Å². The SMILES string of the molecule is O.O.O=C(c1c(O)c2c(ccc3ccccc32)oc1=O)C(F)(F)F.[Eu]. The molecule has 0 saturated carbocycles. The fourth-order valence-electron chi connectivity index (χ4n) is 2.30. The van der Waals surface area contributed by atoms with Crippen LogP contribution in [0.25, 0.3) is 21.7 Å². The van der Waals surface area contributed by atoms with Gasteiger partial charge in [0.25, 0.3) is 5.78 Å². The number of carbonyl (C=O) groups is 1. The first-order valence-corrected chi connectivity index (χ1v) is 6.10. The Balaban J connectivity index is 0.00000192. The summed E-state index contributed by atoms with van der Waals surface area (Å²) in [5.41, 5.74) is -3.03. The van der Waals surface area contributed by atoms with Crippen molar-refractivity contribution in [3.8, 4) is 5.75 Å². The summed E-state index contributed by atoms with van der Waals surface area (Å²) in [6, 6.07) is 9.46. The van der Waals surface area contributed by atoms with Crippen molar-refractivity contribution in [2.45, 2.75) is 6.18 Å². The second-order valence-electron chi connectivity index (χ2n) is 4.60. The number of hydrogen-bond donors (Lipinski definition) is 1. The molecule has 135 valence electrons. The second-order valence-corrected chi connectivity index (χ2v) is 4.60. The summed E-state index contributed by atoms with van der Waals surface area (Å²) >= 11 is 0. The molecule has 1 radical (unpaired) electrons. The predicted molar refractivity (Wildman–Crippen MR) is 79.3 cm³/mol. The molecule has 0 unspecified atom stereocenters. The van der Waals surface area contributed by atoms with Gasteiger partial charge >= 0.3 is 11.8 Å². The van der Waals surface area contributed by atoms with Crippen molar-refractivity contribution in [3.63, 3.8) is 0 Å². The number of benzene rings is 2. The van der Waals surface area contributed by atoms with Crippen LogP contribution in [0.15, 0.2) is 45.6 Å². The molecule has 0 atom stereocenters. The van der Waals surface area contributed by atoms with Crippen LogP contribution in [0.2, 0.25) is 0 Å². The summed E-state index contributed by atoms with van der Waals surface area (Å²) < 4.78 is 42.5. The van der Waals surface area contributed by atoms with Gasteiger partial charge < -0.3 is 20.5 Å². The van der Waals surface area contributed by atoms with Gasteiger partial charge in [0.05, 0.1) is 5.39 Å². The molecule has 1 aromatic heterocycles. The van der Waals surface area contributed by atoms with Crippen LogP contribution in [0.5, 0.6) is 5.75 Å². The Morgan fingerprint density at radius 2 is 1.64 bits per heavy atom. The summed E-state index contributed by atoms with van der Waals surface area (Å²) in [4.78, 5) is 23.0. The molecule has 0 saturated heterocycles. The van der Waals surface area contributed by atoms with Gasteiger partial charge in [0, 0.05) is 49.4 Å². The minimum Gasteiger partial charge on any atom is -0.506 e. The molecule has 5 N–H and O–H groups in total. The van der Waals surface area contributed by atoms with E-state index >= 15 is 0 Å². The van der Waals surface area contributed by atoms with Crippen molar-refractivity contribution in [2.75, 3.05) is 0 Å². The average molecular weight is 496 g/mol. The zero-order valence-electron chi connectivity index (χ0n) is 12.1. The van der Waals surface area contributed by atoms with E-state index in [4.69, 9.17) is 4.42 Å². The maximum absolute atomic E-state index is 12.6. The molecule has 0 spiro atoms. The molecule has 10 heteroatoms. The number of carbonyl (C=O) groups excluding carboxylic acids is 1. The van der Waals surface area contributed by atoms with Crippen molar-refractivity contribution >= 4 is 27.5 Å². The van der Waals surface area contributed by atoms with Gasteiger partial charge in [0.1, 0.15) is 11.3 Å². The average Bonchev–Trinajstić information content (AvgIpc) is 2.45. The maximum atomic E-state index is 12.6. The number of halogens is 3. The predicted octanol–water partition coefficient (Wildman–Crippen LogP) is 1.75. The Labute approximate surface area is 178 Å². The number of hydrogen-bond acceptors (Lipinski definition) is 4. The van der Waals surface area contributed by atoms with E-state index in [1.807, 2.05) is 0 Å². The third-order valence-electron chi connectivity index (χ3n) is 3.26. The van der Waals surface area contributed by atoms with E-state index in [-0.39, 0.29) is 71.3 Å². The fourth-order valence-corrected chi connectivity index (χ4v) is 2.30. The molecule has 0 aliphatic carbocycles. The third-order valence-corrected chi connectivity index (χ3v) is 3.26. The van der Waals surface area contributed by atoms with Crippen LogP contribution in [-0.2, 0) is 0 Å². The van der Waals surface area contributed by atoms with Gasteiger partial charge in [-0.25, -0.2) is 4.79 Å². The molecule has 6 nitrogen and oxygen atoms in total. The number of alkyl halides is 3. The molecule has 0 fully saturated rings. The first-order chi connectivity index (χ1) is 10.3. The molecule has 3 aromatic rings. The zero-order chi connectivity index (χ0) is 16.1. The Hall–Kier alpha value is -1.33. The minimum atomic E-state index is -5.29. The zero-order valence-corrected chi connectivity index (χ0v) is 14.6. The third kappa shape index (κ3) is 4.09. The van der Waals surface area contributed by atoms with Crippen LogP contribution >= 0.6 is 0 Å². The van der Waals surface area contributed by atoms with E-state index in [1.165, 1.54) is 6.07 Å². The first-order valence-electron chi connectivity index (χ1n) is 6.10. The number of fused-ring (bicyclic) bond motifs is 3. The van der Waals surface area contributed by atoms with E-state index in [0.717, 1.165) is 0 Å². The number of aromatic hydroxyl groups is 1. The van der Waals surface area contributed by atoms with E-state index in [0.29, 0.717) is 10.8 Å². The largest absolute Gasteiger partial charge is 0.506 e. The normalized spacial score (nSPS) is 10.5. The van der Waals surface area contributed by atoms with Crippen molar-refractivity contribution in [1.82, 2.24) is 0 Å². The van der Waals surface area contributed by atoms with Crippen LogP contribution in [-0.4, -0.2) is 28.0 Å². The summed E-state index contributed by atoms with van der Waals surface area (Å²) in [7, 11) is 0. The van der Waals surface area contributed by atoms with Crippen LogP contribution in [0, 0.1) is 49.4 Å². The Bertz CT molecular complexity index is 981. The number of Topliss-reactive ketones (excluding diaryl/α,β-unsaturated/α-hetero) is 1. The molecule has 0 amide bonds. The van der Waals surface area contributed by atoms with Gasteiger partial charge in [-0.05, 0) is 16.8 Å². The Morgan fingerprint density at radius 1 is 1.04 bits per heavy atom. The summed E-state index contributed by atoms with van der Waals surface area (Å²) in [6.07, 6.45) is -5.29. The minimum absolute atomic E-state index is 0. The van der Waals surface area contributed by atoms with Crippen molar-refractivity contribution < 1.29 is 87.8 Å². The fraction of sp³-hybridized carbons (Fsp3) is 0.0667. The Kier molecular flexibility index (Phi) is 7.93. The van der Waals surface area contributed by atoms with Crippen LogP contribution in [0.1, 0.15) is 10.4 Å². The van der Waals surface area contributed by atoms with E-state index in [1.54, 1.807) is 30.3 Å². The molecule has 0 aliphatic rings. The Morgan fingerprint density at radius 3 is 2.24 bits per heavy atom.